The first-order valence-electron chi connectivity index (χ1n) is 4.57. The quantitative estimate of drug-likeness (QED) is 0.730. The summed E-state index contributed by atoms with van der Waals surface area (Å²) in [5, 5.41) is 0. The molecule has 1 aromatic heterocycles. The monoisotopic (exact) mass is 184 g/mol. The van der Waals surface area contributed by atoms with Crippen molar-refractivity contribution in [3.63, 3.8) is 0 Å². The maximum absolute atomic E-state index is 5.39. The minimum Gasteiger partial charge on any atom is -0.495 e. The van der Waals surface area contributed by atoms with Crippen LogP contribution in [0.25, 0.3) is 0 Å². The van der Waals surface area contributed by atoms with Crippen LogP contribution in [0, 0.1) is 0 Å². The lowest BCUT2D eigenvalue weighted by molar-refractivity contribution is 0.413. The van der Waals surface area contributed by atoms with Gasteiger partial charge in [-0.25, -0.2) is 0 Å². The van der Waals surface area contributed by atoms with Gasteiger partial charge in [0.25, 0.3) is 0 Å². The highest BCUT2D eigenvalue weighted by atomic mass is 16.5. The maximum Gasteiger partial charge on any atom is 0.139 e. The molecule has 1 heterocycles. The molecule has 0 bridgehead atoms. The third-order valence-electron chi connectivity index (χ3n) is 0.970. The van der Waals surface area contributed by atoms with Gasteiger partial charge in [-0.15, -0.1) is 0 Å². The van der Waals surface area contributed by atoms with Gasteiger partial charge >= 0.3 is 0 Å². The molecule has 0 saturated heterocycles. The molecule has 1 aromatic rings. The van der Waals surface area contributed by atoms with E-state index in [4.69, 9.17) is 10.5 Å². The number of aromatic nitrogens is 1. The number of hydrogen-bond donors (Lipinski definition) is 1. The van der Waals surface area contributed by atoms with Crippen LogP contribution in [0.4, 0.5) is 5.69 Å². The van der Waals surface area contributed by atoms with Gasteiger partial charge in [-0.3, -0.25) is 4.98 Å². The van der Waals surface area contributed by atoms with Crippen molar-refractivity contribution >= 4 is 5.69 Å². The summed E-state index contributed by atoms with van der Waals surface area (Å²) in [5.41, 5.74) is 6.01. The molecule has 1 rings (SSSR count). The molecular formula is C10H20N2O. The van der Waals surface area contributed by atoms with Gasteiger partial charge in [0.05, 0.1) is 25.2 Å². The number of methoxy groups -OCH3 is 1. The average molecular weight is 184 g/mol. The molecule has 0 aliphatic rings. The minimum absolute atomic E-state index is 0.620. The molecule has 0 amide bonds. The Hall–Kier alpha value is -1.25. The van der Waals surface area contributed by atoms with Gasteiger partial charge < -0.3 is 10.5 Å². The van der Waals surface area contributed by atoms with Crippen LogP contribution in [-0.2, 0) is 0 Å². The van der Waals surface area contributed by atoms with Crippen LogP contribution in [0.1, 0.15) is 27.7 Å². The van der Waals surface area contributed by atoms with E-state index in [0.29, 0.717) is 11.4 Å². The van der Waals surface area contributed by atoms with E-state index in [9.17, 15) is 0 Å². The van der Waals surface area contributed by atoms with E-state index in [1.165, 1.54) is 0 Å². The third-order valence-corrected chi connectivity index (χ3v) is 0.970. The Labute approximate surface area is 80.9 Å². The smallest absolute Gasteiger partial charge is 0.139 e. The highest BCUT2D eigenvalue weighted by molar-refractivity contribution is 5.39. The zero-order chi connectivity index (χ0) is 10.7. The lowest BCUT2D eigenvalue weighted by atomic mass is 10.4. The van der Waals surface area contributed by atoms with E-state index < -0.39 is 0 Å². The highest BCUT2D eigenvalue weighted by Gasteiger charge is 1.88. The highest BCUT2D eigenvalue weighted by Crippen LogP contribution is 2.10. The van der Waals surface area contributed by atoms with Gasteiger partial charge in [-0.2, -0.15) is 0 Å². The number of nitrogens with two attached hydrogens (primary N) is 1. The molecule has 0 radical (unpaired) electrons. The predicted octanol–water partition coefficient (Wildman–Crippen LogP) is 2.72. The van der Waals surface area contributed by atoms with E-state index in [1.54, 1.807) is 25.6 Å². The fraction of sp³-hybridized carbons (Fsp3) is 0.500. The summed E-state index contributed by atoms with van der Waals surface area (Å²) in [7, 11) is 1.58. The zero-order valence-corrected chi connectivity index (χ0v) is 9.16. The summed E-state index contributed by atoms with van der Waals surface area (Å²) in [6, 6.07) is 1.72. The Bertz CT molecular complexity index is 202. The van der Waals surface area contributed by atoms with Crippen LogP contribution in [-0.4, -0.2) is 12.1 Å². The largest absolute Gasteiger partial charge is 0.495 e. The lowest BCUT2D eigenvalue weighted by Gasteiger charge is -1.97. The molecule has 3 heteroatoms. The van der Waals surface area contributed by atoms with Crippen molar-refractivity contribution in [2.24, 2.45) is 0 Å². The van der Waals surface area contributed by atoms with Crippen molar-refractivity contribution in [2.45, 2.75) is 27.7 Å². The number of rotatable bonds is 1. The number of nitrogen functional groups attached to an aromatic ring is 1. The fourth-order valence-electron chi connectivity index (χ4n) is 0.547. The normalized spacial score (nSPS) is 7.15. The minimum atomic E-state index is 0.620. The van der Waals surface area contributed by atoms with Gasteiger partial charge in [0, 0.05) is 6.07 Å². The summed E-state index contributed by atoms with van der Waals surface area (Å²) >= 11 is 0. The molecule has 0 aliphatic heterocycles. The Morgan fingerprint density at radius 1 is 1.15 bits per heavy atom. The second-order valence-electron chi connectivity index (χ2n) is 1.66. The molecule has 13 heavy (non-hydrogen) atoms. The zero-order valence-electron chi connectivity index (χ0n) is 9.16. The molecule has 76 valence electrons. The first-order chi connectivity index (χ1) is 6.33. The summed E-state index contributed by atoms with van der Waals surface area (Å²) < 4.78 is 4.85. The summed E-state index contributed by atoms with van der Waals surface area (Å²) in [6.07, 6.45) is 3.18. The second-order valence-corrected chi connectivity index (χ2v) is 1.66. The van der Waals surface area contributed by atoms with Crippen molar-refractivity contribution in [2.75, 3.05) is 12.8 Å². The molecule has 0 aliphatic carbocycles. The van der Waals surface area contributed by atoms with Crippen molar-refractivity contribution in [3.8, 4) is 5.75 Å². The van der Waals surface area contributed by atoms with E-state index in [1.807, 2.05) is 27.7 Å². The Morgan fingerprint density at radius 3 is 2.00 bits per heavy atom. The number of ether oxygens (including phenoxy) is 1. The van der Waals surface area contributed by atoms with Crippen LogP contribution in [0.2, 0.25) is 0 Å². The van der Waals surface area contributed by atoms with Crippen molar-refractivity contribution in [1.82, 2.24) is 4.98 Å². The van der Waals surface area contributed by atoms with Crippen molar-refractivity contribution in [1.29, 1.82) is 0 Å². The van der Waals surface area contributed by atoms with Crippen LogP contribution < -0.4 is 10.5 Å². The number of nitrogens with zero attached hydrogens (tertiary/aromatic N) is 1. The molecule has 0 saturated carbocycles. The fourth-order valence-corrected chi connectivity index (χ4v) is 0.547. The number of anilines is 1. The molecule has 0 unspecified atom stereocenters. The third kappa shape index (κ3) is 7.12. The van der Waals surface area contributed by atoms with Crippen molar-refractivity contribution < 1.29 is 4.74 Å². The van der Waals surface area contributed by atoms with Crippen LogP contribution >= 0.6 is 0 Å². The second kappa shape index (κ2) is 10.8. The van der Waals surface area contributed by atoms with Gasteiger partial charge in [0.1, 0.15) is 5.75 Å². The van der Waals surface area contributed by atoms with Gasteiger partial charge in [-0.1, -0.05) is 27.7 Å². The Kier molecular flexibility index (Phi) is 11.8. The molecule has 0 fully saturated rings. The summed E-state index contributed by atoms with van der Waals surface area (Å²) in [5.74, 6) is 0.690. The maximum atomic E-state index is 5.39. The number of pyridine rings is 1. The predicted molar refractivity (Wildman–Crippen MR) is 57.9 cm³/mol. The standard InChI is InChI=1S/C6H8N2O.2C2H6/c1-9-6-2-5(7)3-8-4-6;2*1-2/h2-4H,7H2,1H3;2*1-2H3. The molecule has 0 aromatic carbocycles. The molecule has 0 atom stereocenters. The molecular weight excluding hydrogens is 164 g/mol. The lowest BCUT2D eigenvalue weighted by Crippen LogP contribution is -1.88. The van der Waals surface area contributed by atoms with E-state index >= 15 is 0 Å². The van der Waals surface area contributed by atoms with Gasteiger partial charge in [-0.05, 0) is 0 Å². The molecule has 2 N–H and O–H groups in total. The first-order valence-corrected chi connectivity index (χ1v) is 4.57. The molecule has 3 nitrogen and oxygen atoms in total. The summed E-state index contributed by atoms with van der Waals surface area (Å²) in [6.45, 7) is 8.00. The van der Waals surface area contributed by atoms with Gasteiger partial charge in [0.2, 0.25) is 0 Å². The number of hydrogen-bond acceptors (Lipinski definition) is 3. The van der Waals surface area contributed by atoms with Crippen LogP contribution in [0.3, 0.4) is 0 Å². The first kappa shape index (κ1) is 14.3. The van der Waals surface area contributed by atoms with E-state index in [2.05, 4.69) is 4.98 Å². The van der Waals surface area contributed by atoms with Crippen molar-refractivity contribution in [3.05, 3.63) is 18.5 Å². The Balaban J connectivity index is 0. The topological polar surface area (TPSA) is 48.1 Å². The van der Waals surface area contributed by atoms with Gasteiger partial charge in [0.15, 0.2) is 0 Å². The average Bonchev–Trinajstić information content (AvgIpc) is 2.24. The van der Waals surface area contributed by atoms with E-state index in [0.717, 1.165) is 0 Å². The van der Waals surface area contributed by atoms with E-state index in [-0.39, 0.29) is 0 Å². The summed E-state index contributed by atoms with van der Waals surface area (Å²) in [4.78, 5) is 3.81. The van der Waals surface area contributed by atoms with Crippen LogP contribution in [0.15, 0.2) is 18.5 Å². The molecule has 0 spiro atoms. The van der Waals surface area contributed by atoms with Crippen LogP contribution in [0.5, 0.6) is 5.75 Å². The Morgan fingerprint density at radius 2 is 1.69 bits per heavy atom. The SMILES string of the molecule is CC.CC.COc1cncc(N)c1.